The average Bonchev–Trinajstić information content (AvgIpc) is 3.21. The Morgan fingerprint density at radius 2 is 0.685 bits per heavy atom. The van der Waals surface area contributed by atoms with Crippen molar-refractivity contribution in [1.82, 2.24) is 0 Å². The molecule has 54 heavy (non-hydrogen) atoms. The number of pyridine rings is 2. The Hall–Kier alpha value is -4.72. The van der Waals surface area contributed by atoms with Gasteiger partial charge in [-0.2, -0.15) is 10.2 Å². The summed E-state index contributed by atoms with van der Waals surface area (Å²) in [7, 11) is 0. The Labute approximate surface area is 323 Å². The average molecular weight is 735 g/mol. The first-order chi connectivity index (χ1) is 26.7. The van der Waals surface area contributed by atoms with Crippen LogP contribution in [0.5, 0.6) is 0 Å². The van der Waals surface area contributed by atoms with Gasteiger partial charge in [0.15, 0.2) is 24.8 Å². The number of aromatic nitrogens is 2. The molecule has 0 amide bonds. The van der Waals surface area contributed by atoms with Crippen molar-refractivity contribution in [3.05, 3.63) is 121 Å². The van der Waals surface area contributed by atoms with Crippen LogP contribution in [0, 0.1) is 0 Å². The van der Waals surface area contributed by atoms with Crippen molar-refractivity contribution in [3.63, 3.8) is 0 Å². The Bertz CT molecular complexity index is 1470. The maximum Gasteiger partial charge on any atom is 0.338 e. The molecule has 8 nitrogen and oxygen atoms in total. The summed E-state index contributed by atoms with van der Waals surface area (Å²) in [6.45, 7) is 3.08. The third kappa shape index (κ3) is 18.4. The molecule has 0 fully saturated rings. The highest BCUT2D eigenvalue weighted by Crippen LogP contribution is 2.20. The molecule has 2 heterocycles. The predicted molar refractivity (Wildman–Crippen MR) is 214 cm³/mol. The fraction of sp³-hybridized carbons (Fsp3) is 0.478. The fourth-order valence-corrected chi connectivity index (χ4v) is 6.37. The van der Waals surface area contributed by atoms with E-state index in [4.69, 9.17) is 9.47 Å². The summed E-state index contributed by atoms with van der Waals surface area (Å²) in [6.07, 6.45) is 30.1. The topological polar surface area (TPSA) is 85.1 Å². The second-order valence-electron chi connectivity index (χ2n) is 14.2. The number of aryl methyl sites for hydroxylation is 2. The van der Waals surface area contributed by atoms with Crippen LogP contribution in [0.25, 0.3) is 0 Å². The zero-order valence-electron chi connectivity index (χ0n) is 32.4. The van der Waals surface area contributed by atoms with Gasteiger partial charge < -0.3 is 9.47 Å². The van der Waals surface area contributed by atoms with Gasteiger partial charge in [-0.3, -0.25) is 0 Å². The maximum atomic E-state index is 12.5. The van der Waals surface area contributed by atoms with Crippen LogP contribution >= 0.6 is 0 Å². The van der Waals surface area contributed by atoms with E-state index in [1.54, 1.807) is 48.5 Å². The highest BCUT2D eigenvalue weighted by Gasteiger charge is 2.09. The van der Waals surface area contributed by atoms with Crippen molar-refractivity contribution < 1.29 is 28.2 Å². The van der Waals surface area contributed by atoms with Gasteiger partial charge in [-0.05, 0) is 74.2 Å². The van der Waals surface area contributed by atoms with E-state index in [2.05, 4.69) is 80.5 Å². The summed E-state index contributed by atoms with van der Waals surface area (Å²) < 4.78 is 15.5. The van der Waals surface area contributed by atoms with Crippen molar-refractivity contribution in [2.24, 2.45) is 10.2 Å². The zero-order chi connectivity index (χ0) is 37.7. The number of nitrogens with zero attached hydrogens (tertiary/aromatic N) is 4. The van der Waals surface area contributed by atoms with E-state index in [9.17, 15) is 9.59 Å². The zero-order valence-corrected chi connectivity index (χ0v) is 32.4. The van der Waals surface area contributed by atoms with Crippen LogP contribution < -0.4 is 9.13 Å². The van der Waals surface area contributed by atoms with Crippen molar-refractivity contribution >= 4 is 23.3 Å². The van der Waals surface area contributed by atoms with Crippen molar-refractivity contribution in [1.29, 1.82) is 0 Å². The van der Waals surface area contributed by atoms with E-state index < -0.39 is 0 Å². The first kappa shape index (κ1) is 42.0. The normalized spacial score (nSPS) is 11.2. The Morgan fingerprint density at radius 3 is 1.02 bits per heavy atom. The van der Waals surface area contributed by atoms with Gasteiger partial charge in [-0.15, -0.1) is 0 Å². The number of hydrogen-bond donors (Lipinski definition) is 0. The first-order valence-corrected chi connectivity index (χ1v) is 20.5. The molecule has 0 aliphatic rings. The van der Waals surface area contributed by atoms with E-state index in [1.165, 1.54) is 89.9 Å². The van der Waals surface area contributed by atoms with Gasteiger partial charge in [0, 0.05) is 37.1 Å². The summed E-state index contributed by atoms with van der Waals surface area (Å²) in [6, 6.07) is 26.3. The molecule has 0 saturated carbocycles. The lowest BCUT2D eigenvalue weighted by atomic mass is 10.1. The smallest absolute Gasteiger partial charge is 0.338 e. The molecule has 0 spiro atoms. The fourth-order valence-electron chi connectivity index (χ4n) is 6.37. The third-order valence-electron chi connectivity index (χ3n) is 9.63. The highest BCUT2D eigenvalue weighted by atomic mass is 16.5. The number of azo groups is 1. The van der Waals surface area contributed by atoms with Crippen molar-refractivity contribution in [3.8, 4) is 0 Å². The Kier molecular flexibility index (Phi) is 21.0. The molecule has 0 atom stereocenters. The van der Waals surface area contributed by atoms with Crippen LogP contribution in [0.1, 0.15) is 136 Å². The summed E-state index contributed by atoms with van der Waals surface area (Å²) in [5, 5.41) is 8.54. The monoisotopic (exact) mass is 734 g/mol. The quantitative estimate of drug-likeness (QED) is 0.0252. The lowest BCUT2D eigenvalue weighted by Crippen LogP contribution is -2.32. The minimum absolute atomic E-state index is 0.315. The molecule has 4 rings (SSSR count). The number of rotatable bonds is 28. The SMILES string of the molecule is O=C(OCCCCCCCCCCC[n+]1ccccc1)c1ccc(N=Nc2ccc(C(=O)OCCCCCCCCCCC[n+]3ccccc3)cc2)cc1. The molecule has 2 aromatic carbocycles. The molecule has 0 saturated heterocycles. The molecule has 0 aliphatic carbocycles. The molecule has 0 N–H and O–H groups in total. The van der Waals surface area contributed by atoms with E-state index >= 15 is 0 Å². The molecule has 0 radical (unpaired) electrons. The van der Waals surface area contributed by atoms with Crippen molar-refractivity contribution in [2.75, 3.05) is 13.2 Å². The molecule has 0 bridgehead atoms. The molecule has 4 aromatic rings. The van der Waals surface area contributed by atoms with Crippen LogP contribution in [-0.4, -0.2) is 25.2 Å². The van der Waals surface area contributed by atoms with Crippen molar-refractivity contribution in [2.45, 2.75) is 129 Å². The number of hydrogen-bond acceptors (Lipinski definition) is 6. The maximum absolute atomic E-state index is 12.5. The van der Waals surface area contributed by atoms with Gasteiger partial charge in [0.25, 0.3) is 0 Å². The standard InChI is InChI=1S/C46H62N4O4/c51-45(53-39-23-13-9-5-1-3-7-11-17-33-49-35-19-15-20-36-49)41-25-29-43(30-26-41)47-48-44-31-27-42(28-32-44)46(52)54-40-24-14-10-6-2-4-8-12-18-34-50-37-21-16-22-38-50/h15-16,19-22,25-32,35-38H,1-14,17-18,23-24,33-34,39-40H2/q+2. The largest absolute Gasteiger partial charge is 0.462 e. The summed E-state index contributed by atoms with van der Waals surface area (Å²) in [5.74, 6) is -0.629. The first-order valence-electron chi connectivity index (χ1n) is 20.5. The Balaban J connectivity index is 0.963. The summed E-state index contributed by atoms with van der Waals surface area (Å²) in [5.41, 5.74) is 2.26. The van der Waals surface area contributed by atoms with Gasteiger partial charge >= 0.3 is 11.9 Å². The van der Waals surface area contributed by atoms with Gasteiger partial charge in [0.2, 0.25) is 0 Å². The molecule has 288 valence electrons. The minimum atomic E-state index is -0.315. The van der Waals surface area contributed by atoms with Crippen LogP contribution in [0.3, 0.4) is 0 Å². The molecular weight excluding hydrogens is 673 g/mol. The van der Waals surface area contributed by atoms with E-state index in [1.807, 2.05) is 0 Å². The van der Waals surface area contributed by atoms with Gasteiger partial charge in [0.1, 0.15) is 13.1 Å². The van der Waals surface area contributed by atoms with Gasteiger partial charge in [-0.1, -0.05) is 89.2 Å². The van der Waals surface area contributed by atoms with Crippen LogP contribution in [-0.2, 0) is 22.6 Å². The number of ether oxygens (including phenoxy) is 2. The van der Waals surface area contributed by atoms with Gasteiger partial charge in [0.05, 0.1) is 35.7 Å². The van der Waals surface area contributed by atoms with E-state index in [0.29, 0.717) is 35.7 Å². The number of esters is 2. The second kappa shape index (κ2) is 27.0. The summed E-state index contributed by atoms with van der Waals surface area (Å²) in [4.78, 5) is 24.9. The molecule has 0 aliphatic heterocycles. The number of carbonyl (C=O) groups excluding carboxylic acids is 2. The molecule has 8 heteroatoms. The van der Waals surface area contributed by atoms with Gasteiger partial charge in [-0.25, -0.2) is 18.7 Å². The Morgan fingerprint density at radius 1 is 0.389 bits per heavy atom. The summed E-state index contributed by atoms with van der Waals surface area (Å²) >= 11 is 0. The predicted octanol–water partition coefficient (Wildman–Crippen LogP) is 11.4. The highest BCUT2D eigenvalue weighted by molar-refractivity contribution is 5.90. The minimum Gasteiger partial charge on any atom is -0.462 e. The van der Waals surface area contributed by atoms with E-state index in [0.717, 1.165) is 38.8 Å². The third-order valence-corrected chi connectivity index (χ3v) is 9.63. The molecule has 2 aromatic heterocycles. The number of benzene rings is 2. The van der Waals surface area contributed by atoms with E-state index in [-0.39, 0.29) is 11.9 Å². The number of unbranched alkanes of at least 4 members (excludes halogenated alkanes) is 16. The lowest BCUT2D eigenvalue weighted by molar-refractivity contribution is -0.697. The number of carbonyl (C=O) groups is 2. The molecular formula is C46H62N4O4+2. The van der Waals surface area contributed by atoms with Crippen LogP contribution in [0.2, 0.25) is 0 Å². The second-order valence-corrected chi connectivity index (χ2v) is 14.2. The van der Waals surface area contributed by atoms with Crippen LogP contribution in [0.4, 0.5) is 11.4 Å². The lowest BCUT2D eigenvalue weighted by Gasteiger charge is -2.06. The molecule has 0 unspecified atom stereocenters. The van der Waals surface area contributed by atoms with Crippen LogP contribution in [0.15, 0.2) is 120 Å².